The summed E-state index contributed by atoms with van der Waals surface area (Å²) in [6, 6.07) is 13.3. The molecule has 0 unspecified atom stereocenters. The highest BCUT2D eigenvalue weighted by atomic mass is 35.5. The number of benzene rings is 2. The number of halogens is 4. The lowest BCUT2D eigenvalue weighted by molar-refractivity contribution is -0.138. The first kappa shape index (κ1) is 25.2. The molecule has 3 N–H and O–H groups in total. The molecule has 0 saturated carbocycles. The molecule has 0 spiro atoms. The molecular formula is C23H29ClF3N3O. The second-order valence-corrected chi connectivity index (χ2v) is 8.32. The van der Waals surface area contributed by atoms with Crippen molar-refractivity contribution in [3.05, 3.63) is 65.2 Å². The number of nitrogens with two attached hydrogens (primary N) is 1. The summed E-state index contributed by atoms with van der Waals surface area (Å²) < 4.78 is 39.6. The summed E-state index contributed by atoms with van der Waals surface area (Å²) in [5.41, 5.74) is 6.83. The van der Waals surface area contributed by atoms with Crippen LogP contribution < -0.4 is 11.1 Å². The van der Waals surface area contributed by atoms with Crippen molar-refractivity contribution in [3.8, 4) is 0 Å². The predicted molar refractivity (Wildman–Crippen MR) is 119 cm³/mol. The summed E-state index contributed by atoms with van der Waals surface area (Å²) in [4.78, 5) is 14.7. The normalized spacial score (nSPS) is 16.6. The fraction of sp³-hybridized carbons (Fsp3) is 0.435. The summed E-state index contributed by atoms with van der Waals surface area (Å²) in [6.07, 6.45) is -3.61. The zero-order valence-corrected chi connectivity index (χ0v) is 18.5. The lowest BCUT2D eigenvalue weighted by Crippen LogP contribution is -2.57. The van der Waals surface area contributed by atoms with Crippen LogP contribution >= 0.6 is 12.4 Å². The fourth-order valence-corrected chi connectivity index (χ4v) is 3.72. The first-order chi connectivity index (χ1) is 14.1. The molecule has 31 heavy (non-hydrogen) atoms. The molecule has 0 aromatic heterocycles. The highest BCUT2D eigenvalue weighted by Crippen LogP contribution is 2.33. The Labute approximate surface area is 187 Å². The third-order valence-corrected chi connectivity index (χ3v) is 5.75. The van der Waals surface area contributed by atoms with E-state index < -0.39 is 17.3 Å². The van der Waals surface area contributed by atoms with Crippen molar-refractivity contribution in [3.63, 3.8) is 0 Å². The maximum Gasteiger partial charge on any atom is 0.416 e. The number of rotatable bonds is 5. The molecule has 1 aliphatic rings. The lowest BCUT2D eigenvalue weighted by Gasteiger charge is -2.38. The quantitative estimate of drug-likeness (QED) is 0.652. The number of carbonyl (C=O) groups is 1. The van der Waals surface area contributed by atoms with Gasteiger partial charge < -0.3 is 11.1 Å². The van der Waals surface area contributed by atoms with Gasteiger partial charge in [-0.2, -0.15) is 13.2 Å². The Kier molecular flexibility index (Phi) is 8.14. The predicted octanol–water partition coefficient (Wildman–Crippen LogP) is 5.18. The second kappa shape index (κ2) is 10.0. The molecule has 1 amide bonds. The van der Waals surface area contributed by atoms with Crippen LogP contribution in [0.15, 0.2) is 48.5 Å². The van der Waals surface area contributed by atoms with Gasteiger partial charge in [-0.1, -0.05) is 44.2 Å². The highest BCUT2D eigenvalue weighted by molar-refractivity contribution is 5.98. The molecule has 1 fully saturated rings. The van der Waals surface area contributed by atoms with E-state index in [9.17, 15) is 18.0 Å². The van der Waals surface area contributed by atoms with E-state index in [0.717, 1.165) is 6.07 Å². The minimum Gasteiger partial charge on any atom is -0.324 e. The monoisotopic (exact) mass is 455 g/mol. The number of amides is 1. The van der Waals surface area contributed by atoms with Gasteiger partial charge in [-0.15, -0.1) is 12.4 Å². The van der Waals surface area contributed by atoms with E-state index in [2.05, 4.69) is 19.2 Å². The SMILES string of the molecule is CC(C)c1ccc(NC(=O)C2(N)CCN(Cc3ccccc3C(F)(F)F)CC2)cc1.Cl. The van der Waals surface area contributed by atoms with E-state index in [1.165, 1.54) is 17.7 Å². The van der Waals surface area contributed by atoms with Gasteiger partial charge in [-0.25, -0.2) is 0 Å². The molecule has 8 heteroatoms. The smallest absolute Gasteiger partial charge is 0.324 e. The Morgan fingerprint density at radius 1 is 1.10 bits per heavy atom. The number of hydrogen-bond acceptors (Lipinski definition) is 3. The van der Waals surface area contributed by atoms with Crippen LogP contribution in [0.3, 0.4) is 0 Å². The van der Waals surface area contributed by atoms with Crippen LogP contribution in [0.4, 0.5) is 18.9 Å². The van der Waals surface area contributed by atoms with Crippen LogP contribution in [0.1, 0.15) is 49.3 Å². The Hall–Kier alpha value is -2.09. The molecule has 0 radical (unpaired) electrons. The zero-order chi connectivity index (χ0) is 21.9. The van der Waals surface area contributed by atoms with Crippen LogP contribution in [-0.4, -0.2) is 29.4 Å². The van der Waals surface area contributed by atoms with Crippen molar-refractivity contribution >= 4 is 24.0 Å². The highest BCUT2D eigenvalue weighted by Gasteiger charge is 2.38. The van der Waals surface area contributed by atoms with Gasteiger partial charge >= 0.3 is 6.18 Å². The van der Waals surface area contributed by atoms with Crippen molar-refractivity contribution in [2.24, 2.45) is 5.73 Å². The molecule has 2 aromatic rings. The average Bonchev–Trinajstić information content (AvgIpc) is 2.70. The van der Waals surface area contributed by atoms with Crippen molar-refractivity contribution in [1.29, 1.82) is 0 Å². The van der Waals surface area contributed by atoms with E-state index in [0.29, 0.717) is 37.5 Å². The topological polar surface area (TPSA) is 58.4 Å². The molecule has 1 heterocycles. The van der Waals surface area contributed by atoms with Crippen molar-refractivity contribution in [1.82, 2.24) is 4.90 Å². The molecule has 0 aliphatic carbocycles. The van der Waals surface area contributed by atoms with Crippen LogP contribution in [0.25, 0.3) is 0 Å². The molecule has 1 saturated heterocycles. The Bertz CT molecular complexity index is 876. The van der Waals surface area contributed by atoms with Crippen molar-refractivity contribution < 1.29 is 18.0 Å². The summed E-state index contributed by atoms with van der Waals surface area (Å²) in [5, 5.41) is 2.88. The Balaban J connectivity index is 0.00000341. The maximum atomic E-state index is 13.2. The van der Waals surface area contributed by atoms with Gasteiger partial charge in [0.15, 0.2) is 0 Å². The number of piperidine rings is 1. The minimum atomic E-state index is -4.38. The number of hydrogen-bond donors (Lipinski definition) is 2. The van der Waals surface area contributed by atoms with Crippen LogP contribution in [-0.2, 0) is 17.5 Å². The van der Waals surface area contributed by atoms with Crippen molar-refractivity contribution in [2.45, 2.75) is 50.9 Å². The van der Waals surface area contributed by atoms with E-state index >= 15 is 0 Å². The van der Waals surface area contributed by atoms with Gasteiger partial charge in [0.2, 0.25) is 5.91 Å². The molecule has 2 aromatic carbocycles. The van der Waals surface area contributed by atoms with Gasteiger partial charge in [0.1, 0.15) is 0 Å². The molecule has 0 atom stereocenters. The summed E-state index contributed by atoms with van der Waals surface area (Å²) in [7, 11) is 0. The van der Waals surface area contributed by atoms with Gasteiger partial charge in [0.25, 0.3) is 0 Å². The van der Waals surface area contributed by atoms with E-state index in [1.807, 2.05) is 29.2 Å². The van der Waals surface area contributed by atoms with Gasteiger partial charge in [0, 0.05) is 25.3 Å². The number of likely N-dealkylation sites (tertiary alicyclic amines) is 1. The molecule has 170 valence electrons. The Morgan fingerprint density at radius 2 is 1.68 bits per heavy atom. The first-order valence-electron chi connectivity index (χ1n) is 10.2. The van der Waals surface area contributed by atoms with Gasteiger partial charge in [-0.05, 0) is 48.1 Å². The number of nitrogens with zero attached hydrogens (tertiary/aromatic N) is 1. The molecule has 1 aliphatic heterocycles. The number of carbonyl (C=O) groups excluding carboxylic acids is 1. The first-order valence-corrected chi connectivity index (χ1v) is 10.2. The van der Waals surface area contributed by atoms with Crippen LogP contribution in [0.5, 0.6) is 0 Å². The second-order valence-electron chi connectivity index (χ2n) is 8.32. The average molecular weight is 456 g/mol. The van der Waals surface area contributed by atoms with Crippen LogP contribution in [0.2, 0.25) is 0 Å². The molecule has 3 rings (SSSR count). The zero-order valence-electron chi connectivity index (χ0n) is 17.7. The molecular weight excluding hydrogens is 427 g/mol. The van der Waals surface area contributed by atoms with Gasteiger partial charge in [0.05, 0.1) is 11.1 Å². The number of alkyl halides is 3. The Morgan fingerprint density at radius 3 is 2.23 bits per heavy atom. The summed E-state index contributed by atoms with van der Waals surface area (Å²) >= 11 is 0. The maximum absolute atomic E-state index is 13.2. The summed E-state index contributed by atoms with van der Waals surface area (Å²) in [6.45, 7) is 5.31. The largest absolute Gasteiger partial charge is 0.416 e. The van der Waals surface area contributed by atoms with E-state index in [4.69, 9.17) is 5.73 Å². The van der Waals surface area contributed by atoms with Crippen LogP contribution in [0, 0.1) is 0 Å². The lowest BCUT2D eigenvalue weighted by atomic mass is 9.87. The van der Waals surface area contributed by atoms with Crippen molar-refractivity contribution in [2.75, 3.05) is 18.4 Å². The van der Waals surface area contributed by atoms with E-state index in [1.54, 1.807) is 6.07 Å². The minimum absolute atomic E-state index is 0. The molecule has 4 nitrogen and oxygen atoms in total. The number of nitrogens with one attached hydrogen (secondary N) is 1. The molecule has 0 bridgehead atoms. The standard InChI is InChI=1S/C23H28F3N3O.ClH/c1-16(2)17-7-9-19(10-8-17)28-21(30)22(27)11-13-29(14-12-22)15-18-5-3-4-6-20(18)23(24,25)26;/h3-10,16H,11-15,27H2,1-2H3,(H,28,30);1H. The third-order valence-electron chi connectivity index (χ3n) is 5.75. The fourth-order valence-electron chi connectivity index (χ4n) is 3.72. The third kappa shape index (κ3) is 6.21. The van der Waals surface area contributed by atoms with E-state index in [-0.39, 0.29) is 30.4 Å². The summed E-state index contributed by atoms with van der Waals surface area (Å²) in [5.74, 6) is 0.151. The van der Waals surface area contributed by atoms with Gasteiger partial charge in [-0.3, -0.25) is 9.69 Å². The number of anilines is 1.